The van der Waals surface area contributed by atoms with Crippen LogP contribution in [0.2, 0.25) is 0 Å². The van der Waals surface area contributed by atoms with Crippen LogP contribution in [-0.2, 0) is 6.61 Å². The first-order valence-electron chi connectivity index (χ1n) is 9.53. The van der Waals surface area contributed by atoms with Crippen molar-refractivity contribution >= 4 is 12.1 Å². The van der Waals surface area contributed by atoms with Crippen molar-refractivity contribution in [3.05, 3.63) is 114 Å². The Morgan fingerprint density at radius 3 is 2.43 bits per heavy atom. The number of nitrogens with one attached hydrogen (secondary N) is 1. The SMILES string of the molecule is O=C(N/N=C/c1ccco1)c1ccc(COc2ccccc2-c2ccccc2)cc1. The molecule has 1 heterocycles. The molecule has 0 fully saturated rings. The van der Waals surface area contributed by atoms with Crippen molar-refractivity contribution in [2.45, 2.75) is 6.61 Å². The van der Waals surface area contributed by atoms with Crippen LogP contribution in [0, 0.1) is 0 Å². The molecule has 0 unspecified atom stereocenters. The summed E-state index contributed by atoms with van der Waals surface area (Å²) in [4.78, 5) is 12.2. The van der Waals surface area contributed by atoms with Gasteiger partial charge in [0.15, 0.2) is 0 Å². The molecule has 1 aromatic heterocycles. The monoisotopic (exact) mass is 396 g/mol. The van der Waals surface area contributed by atoms with Crippen LogP contribution in [0.4, 0.5) is 0 Å². The molecular weight excluding hydrogens is 376 g/mol. The van der Waals surface area contributed by atoms with Gasteiger partial charge in [-0.15, -0.1) is 0 Å². The predicted octanol–water partition coefficient (Wildman–Crippen LogP) is 5.29. The van der Waals surface area contributed by atoms with Gasteiger partial charge in [0.25, 0.3) is 5.91 Å². The predicted molar refractivity (Wildman–Crippen MR) is 116 cm³/mol. The van der Waals surface area contributed by atoms with Crippen LogP contribution in [-0.4, -0.2) is 12.1 Å². The average Bonchev–Trinajstić information content (AvgIpc) is 3.32. The highest BCUT2D eigenvalue weighted by Crippen LogP contribution is 2.30. The lowest BCUT2D eigenvalue weighted by atomic mass is 10.0. The van der Waals surface area contributed by atoms with Gasteiger partial charge < -0.3 is 9.15 Å². The van der Waals surface area contributed by atoms with Gasteiger partial charge in [0.1, 0.15) is 18.1 Å². The molecule has 0 atom stereocenters. The van der Waals surface area contributed by atoms with Crippen LogP contribution >= 0.6 is 0 Å². The second kappa shape index (κ2) is 9.39. The fourth-order valence-electron chi connectivity index (χ4n) is 2.95. The molecule has 4 aromatic rings. The molecule has 3 aromatic carbocycles. The lowest BCUT2D eigenvalue weighted by Crippen LogP contribution is -2.17. The molecule has 0 saturated carbocycles. The van der Waals surface area contributed by atoms with E-state index in [9.17, 15) is 4.79 Å². The van der Waals surface area contributed by atoms with Crippen LogP contribution in [0.15, 0.2) is 107 Å². The Labute approximate surface area is 174 Å². The van der Waals surface area contributed by atoms with Crippen LogP contribution < -0.4 is 10.2 Å². The minimum Gasteiger partial charge on any atom is -0.488 e. The van der Waals surface area contributed by atoms with Gasteiger partial charge in [-0.25, -0.2) is 5.43 Å². The first kappa shape index (κ1) is 19.2. The third-order valence-electron chi connectivity index (χ3n) is 4.48. The maximum atomic E-state index is 12.2. The van der Waals surface area contributed by atoms with Crippen molar-refractivity contribution in [1.29, 1.82) is 0 Å². The second-order valence-corrected chi connectivity index (χ2v) is 6.56. The van der Waals surface area contributed by atoms with Crippen LogP contribution in [0.25, 0.3) is 11.1 Å². The highest BCUT2D eigenvalue weighted by Gasteiger charge is 2.07. The molecule has 1 amide bonds. The summed E-state index contributed by atoms with van der Waals surface area (Å²) >= 11 is 0. The van der Waals surface area contributed by atoms with E-state index in [1.165, 1.54) is 6.21 Å². The molecule has 0 aliphatic rings. The molecule has 0 aliphatic heterocycles. The van der Waals surface area contributed by atoms with Crippen molar-refractivity contribution in [2.75, 3.05) is 0 Å². The van der Waals surface area contributed by atoms with Gasteiger partial charge in [-0.1, -0.05) is 60.7 Å². The zero-order chi connectivity index (χ0) is 20.6. The minimum atomic E-state index is -0.292. The summed E-state index contributed by atoms with van der Waals surface area (Å²) in [5.74, 6) is 1.09. The quantitative estimate of drug-likeness (QED) is 0.341. The molecule has 0 radical (unpaired) electrons. The number of carbonyl (C=O) groups is 1. The van der Waals surface area contributed by atoms with Crippen molar-refractivity contribution in [3.8, 4) is 16.9 Å². The fourth-order valence-corrected chi connectivity index (χ4v) is 2.95. The van der Waals surface area contributed by atoms with E-state index in [-0.39, 0.29) is 5.91 Å². The summed E-state index contributed by atoms with van der Waals surface area (Å²) in [6, 6.07) is 28.8. The molecule has 0 spiro atoms. The molecular formula is C25H20N2O3. The molecule has 0 aliphatic carbocycles. The Bertz CT molecular complexity index is 1120. The summed E-state index contributed by atoms with van der Waals surface area (Å²) in [5.41, 5.74) is 6.11. The van der Waals surface area contributed by atoms with Gasteiger partial charge in [-0.3, -0.25) is 4.79 Å². The van der Waals surface area contributed by atoms with E-state index in [1.54, 1.807) is 30.5 Å². The number of hydrogen-bond donors (Lipinski definition) is 1. The lowest BCUT2D eigenvalue weighted by Gasteiger charge is -2.12. The average molecular weight is 396 g/mol. The lowest BCUT2D eigenvalue weighted by molar-refractivity contribution is 0.0955. The first-order chi connectivity index (χ1) is 14.8. The summed E-state index contributed by atoms with van der Waals surface area (Å²) < 4.78 is 11.2. The number of furan rings is 1. The van der Waals surface area contributed by atoms with E-state index >= 15 is 0 Å². The maximum absolute atomic E-state index is 12.2. The van der Waals surface area contributed by atoms with Gasteiger partial charge in [0.2, 0.25) is 0 Å². The smallest absolute Gasteiger partial charge is 0.271 e. The molecule has 5 heteroatoms. The number of hydrogen-bond acceptors (Lipinski definition) is 4. The Hall–Kier alpha value is -4.12. The summed E-state index contributed by atoms with van der Waals surface area (Å²) in [7, 11) is 0. The largest absolute Gasteiger partial charge is 0.488 e. The molecule has 5 nitrogen and oxygen atoms in total. The van der Waals surface area contributed by atoms with Crippen molar-refractivity contribution in [2.24, 2.45) is 5.10 Å². The number of hydrazone groups is 1. The second-order valence-electron chi connectivity index (χ2n) is 6.56. The first-order valence-corrected chi connectivity index (χ1v) is 9.53. The zero-order valence-electron chi connectivity index (χ0n) is 16.2. The van der Waals surface area contributed by atoms with Crippen LogP contribution in [0.1, 0.15) is 21.7 Å². The van der Waals surface area contributed by atoms with Crippen molar-refractivity contribution in [1.82, 2.24) is 5.43 Å². The zero-order valence-corrected chi connectivity index (χ0v) is 16.2. The number of ether oxygens (including phenoxy) is 1. The molecule has 4 rings (SSSR count). The van der Waals surface area contributed by atoms with E-state index in [0.717, 1.165) is 22.4 Å². The number of nitrogens with zero attached hydrogens (tertiary/aromatic N) is 1. The normalized spacial score (nSPS) is 10.8. The number of para-hydroxylation sites is 1. The van der Waals surface area contributed by atoms with Crippen molar-refractivity contribution < 1.29 is 13.9 Å². The topological polar surface area (TPSA) is 63.8 Å². The standard InChI is InChI=1S/C25H20N2O3/c28-25(27-26-17-22-9-6-16-29-22)21-14-12-19(13-15-21)18-30-24-11-5-4-10-23(24)20-7-2-1-3-8-20/h1-17H,18H2,(H,27,28)/b26-17+. The number of rotatable bonds is 7. The molecule has 0 saturated heterocycles. The van der Waals surface area contributed by atoms with Gasteiger partial charge in [0.05, 0.1) is 12.5 Å². The van der Waals surface area contributed by atoms with E-state index in [4.69, 9.17) is 9.15 Å². The van der Waals surface area contributed by atoms with E-state index in [2.05, 4.69) is 22.7 Å². The molecule has 0 bridgehead atoms. The Kier molecular flexibility index (Phi) is 6.01. The van der Waals surface area contributed by atoms with Gasteiger partial charge >= 0.3 is 0 Å². The number of benzene rings is 3. The molecule has 30 heavy (non-hydrogen) atoms. The van der Waals surface area contributed by atoms with Gasteiger partial charge in [-0.2, -0.15) is 5.10 Å². The Morgan fingerprint density at radius 2 is 1.67 bits per heavy atom. The van der Waals surface area contributed by atoms with Crippen LogP contribution in [0.3, 0.4) is 0 Å². The van der Waals surface area contributed by atoms with E-state index in [0.29, 0.717) is 17.9 Å². The highest BCUT2D eigenvalue weighted by atomic mass is 16.5. The van der Waals surface area contributed by atoms with Gasteiger partial charge in [-0.05, 0) is 41.5 Å². The Morgan fingerprint density at radius 1 is 0.900 bits per heavy atom. The number of carbonyl (C=O) groups excluding carboxylic acids is 1. The maximum Gasteiger partial charge on any atom is 0.271 e. The van der Waals surface area contributed by atoms with Gasteiger partial charge in [0, 0.05) is 11.1 Å². The third kappa shape index (κ3) is 4.83. The minimum absolute atomic E-state index is 0.292. The fraction of sp³-hybridized carbons (Fsp3) is 0.0400. The van der Waals surface area contributed by atoms with Crippen LogP contribution in [0.5, 0.6) is 5.75 Å². The van der Waals surface area contributed by atoms with E-state index in [1.807, 2.05) is 54.6 Å². The Balaban J connectivity index is 1.37. The third-order valence-corrected chi connectivity index (χ3v) is 4.48. The summed E-state index contributed by atoms with van der Waals surface area (Å²) in [6.45, 7) is 0.405. The summed E-state index contributed by atoms with van der Waals surface area (Å²) in [6.07, 6.45) is 2.99. The number of amides is 1. The van der Waals surface area contributed by atoms with Crippen molar-refractivity contribution in [3.63, 3.8) is 0 Å². The van der Waals surface area contributed by atoms with E-state index < -0.39 is 0 Å². The molecule has 148 valence electrons. The summed E-state index contributed by atoms with van der Waals surface area (Å²) in [5, 5.41) is 3.88. The highest BCUT2D eigenvalue weighted by molar-refractivity contribution is 5.94. The molecule has 1 N–H and O–H groups in total.